The molecular weight excluding hydrogens is 511 g/mol. The third-order valence-electron chi connectivity index (χ3n) is 7.52. The van der Waals surface area contributed by atoms with Crippen molar-refractivity contribution >= 4 is 46.1 Å². The first-order chi connectivity index (χ1) is 17.8. The highest BCUT2D eigenvalue weighted by Gasteiger charge is 2.36. The van der Waals surface area contributed by atoms with Gasteiger partial charge in [0.25, 0.3) is 0 Å². The van der Waals surface area contributed by atoms with E-state index in [4.69, 9.17) is 28.2 Å². The summed E-state index contributed by atoms with van der Waals surface area (Å²) in [4.78, 5) is 25.4. The number of nitrogens with zero attached hydrogens (tertiary/aromatic N) is 7. The zero-order chi connectivity index (χ0) is 26.1. The molecule has 11 heteroatoms. The van der Waals surface area contributed by atoms with E-state index < -0.39 is 0 Å². The molecule has 1 amide bonds. The fraction of sp³-hybridized carbons (Fsp3) is 0.500. The second-order valence-corrected chi connectivity index (χ2v) is 10.8. The summed E-state index contributed by atoms with van der Waals surface area (Å²) in [6.07, 6.45) is 4.16. The lowest BCUT2D eigenvalue weighted by Gasteiger charge is -2.47. The molecule has 0 bridgehead atoms. The molecule has 2 saturated heterocycles. The number of halogens is 2. The standard InChI is InChI=1S/C26H30Cl2N8O/c1-16(21-6-5-20(27)10-22(21)28)36-26-25(23(11-29)33-36)31-12-24(32-26)35-14-19(15-35)18-4-3-8-34(13-18)9-7-30-17(2)37/h5-6,10,12,16,18-19H,3-4,7-9,13-15H2,1-2H3,(H,30,37)/t16?,18-/m0/s1. The number of amides is 1. The largest absolute Gasteiger partial charge is 0.355 e. The number of fused-ring (bicyclic) bond motifs is 1. The maximum atomic E-state index is 11.2. The van der Waals surface area contributed by atoms with Gasteiger partial charge in [0, 0.05) is 49.7 Å². The molecule has 2 aliphatic rings. The maximum Gasteiger partial charge on any atom is 0.216 e. The van der Waals surface area contributed by atoms with Crippen LogP contribution in [-0.4, -0.2) is 69.8 Å². The Morgan fingerprint density at radius 1 is 1.27 bits per heavy atom. The van der Waals surface area contributed by atoms with Crippen LogP contribution in [0.2, 0.25) is 10.0 Å². The minimum Gasteiger partial charge on any atom is -0.355 e. The van der Waals surface area contributed by atoms with E-state index in [-0.39, 0.29) is 17.6 Å². The van der Waals surface area contributed by atoms with Crippen molar-refractivity contribution in [2.45, 2.75) is 32.7 Å². The van der Waals surface area contributed by atoms with Crippen LogP contribution in [0.1, 0.15) is 44.0 Å². The first-order valence-corrected chi connectivity index (χ1v) is 13.4. The molecule has 2 atom stereocenters. The molecule has 2 aromatic heterocycles. The van der Waals surface area contributed by atoms with Crippen LogP contribution in [0.5, 0.6) is 0 Å². The number of likely N-dealkylation sites (tertiary alicyclic amines) is 1. The molecule has 194 valence electrons. The molecule has 3 aromatic rings. The molecule has 4 heterocycles. The predicted molar refractivity (Wildman–Crippen MR) is 144 cm³/mol. The molecule has 5 rings (SSSR count). The molecule has 0 aliphatic carbocycles. The summed E-state index contributed by atoms with van der Waals surface area (Å²) in [5.41, 5.74) is 2.14. The number of rotatable bonds is 7. The Balaban J connectivity index is 1.30. The zero-order valence-electron chi connectivity index (χ0n) is 21.0. The van der Waals surface area contributed by atoms with Gasteiger partial charge < -0.3 is 15.1 Å². The average molecular weight is 541 g/mol. The summed E-state index contributed by atoms with van der Waals surface area (Å²) < 4.78 is 1.73. The number of nitrogens with one attached hydrogen (secondary N) is 1. The number of nitriles is 1. The van der Waals surface area contributed by atoms with Crippen molar-refractivity contribution in [1.82, 2.24) is 30.0 Å². The van der Waals surface area contributed by atoms with E-state index >= 15 is 0 Å². The Morgan fingerprint density at radius 3 is 2.81 bits per heavy atom. The summed E-state index contributed by atoms with van der Waals surface area (Å²) in [5, 5.41) is 18.1. The topological polar surface area (TPSA) is 103 Å². The van der Waals surface area contributed by atoms with Gasteiger partial charge in [-0.2, -0.15) is 10.4 Å². The minimum absolute atomic E-state index is 0.0233. The molecule has 37 heavy (non-hydrogen) atoms. The van der Waals surface area contributed by atoms with Gasteiger partial charge in [0.1, 0.15) is 17.4 Å². The average Bonchev–Trinajstić information content (AvgIpc) is 3.21. The first-order valence-electron chi connectivity index (χ1n) is 12.7. The smallest absolute Gasteiger partial charge is 0.216 e. The summed E-state index contributed by atoms with van der Waals surface area (Å²) >= 11 is 12.5. The number of aromatic nitrogens is 4. The summed E-state index contributed by atoms with van der Waals surface area (Å²) in [5.74, 6) is 2.06. The van der Waals surface area contributed by atoms with Crippen LogP contribution < -0.4 is 10.2 Å². The Bertz CT molecular complexity index is 1350. The highest BCUT2D eigenvalue weighted by Crippen LogP contribution is 2.35. The molecule has 1 N–H and O–H groups in total. The monoisotopic (exact) mass is 540 g/mol. The minimum atomic E-state index is -0.256. The molecule has 0 saturated carbocycles. The van der Waals surface area contributed by atoms with Crippen LogP contribution in [0.3, 0.4) is 0 Å². The summed E-state index contributed by atoms with van der Waals surface area (Å²) in [7, 11) is 0. The van der Waals surface area contributed by atoms with E-state index in [0.717, 1.165) is 44.1 Å². The van der Waals surface area contributed by atoms with E-state index in [1.54, 1.807) is 29.9 Å². The quantitative estimate of drug-likeness (QED) is 0.484. The lowest BCUT2D eigenvalue weighted by atomic mass is 9.80. The predicted octanol–water partition coefficient (Wildman–Crippen LogP) is 3.90. The van der Waals surface area contributed by atoms with Crippen LogP contribution in [0.25, 0.3) is 11.2 Å². The highest BCUT2D eigenvalue weighted by atomic mass is 35.5. The van der Waals surface area contributed by atoms with E-state index in [9.17, 15) is 10.1 Å². The second-order valence-electron chi connectivity index (χ2n) is 10.00. The van der Waals surface area contributed by atoms with Gasteiger partial charge in [-0.3, -0.25) is 4.79 Å². The summed E-state index contributed by atoms with van der Waals surface area (Å²) in [6, 6.07) is 7.25. The number of hydrogen-bond acceptors (Lipinski definition) is 7. The molecule has 2 fully saturated rings. The van der Waals surface area contributed by atoms with Gasteiger partial charge in [0.15, 0.2) is 11.3 Å². The van der Waals surface area contributed by atoms with Crippen molar-refractivity contribution in [3.05, 3.63) is 45.7 Å². The van der Waals surface area contributed by atoms with Gasteiger partial charge in [-0.1, -0.05) is 29.3 Å². The fourth-order valence-electron chi connectivity index (χ4n) is 5.44. The van der Waals surface area contributed by atoms with Gasteiger partial charge in [-0.25, -0.2) is 14.6 Å². The van der Waals surface area contributed by atoms with Crippen LogP contribution in [0, 0.1) is 23.2 Å². The van der Waals surface area contributed by atoms with Crippen LogP contribution in [0.4, 0.5) is 5.82 Å². The second kappa shape index (κ2) is 10.8. The van der Waals surface area contributed by atoms with Gasteiger partial charge in [-0.15, -0.1) is 0 Å². The van der Waals surface area contributed by atoms with Crippen molar-refractivity contribution in [3.63, 3.8) is 0 Å². The Labute approximate surface area is 226 Å². The van der Waals surface area contributed by atoms with Crippen LogP contribution in [-0.2, 0) is 4.79 Å². The normalized spacial score (nSPS) is 19.4. The molecule has 2 aliphatic heterocycles. The highest BCUT2D eigenvalue weighted by molar-refractivity contribution is 6.35. The third kappa shape index (κ3) is 5.37. The fourth-order valence-corrected chi connectivity index (χ4v) is 6.00. The van der Waals surface area contributed by atoms with Crippen molar-refractivity contribution in [2.24, 2.45) is 11.8 Å². The molecule has 1 unspecified atom stereocenters. The van der Waals surface area contributed by atoms with E-state index in [0.29, 0.717) is 39.6 Å². The Morgan fingerprint density at radius 2 is 2.08 bits per heavy atom. The number of carbonyl (C=O) groups is 1. The molecule has 0 spiro atoms. The van der Waals surface area contributed by atoms with Gasteiger partial charge >= 0.3 is 0 Å². The molecule has 0 radical (unpaired) electrons. The van der Waals surface area contributed by atoms with Gasteiger partial charge in [-0.05, 0) is 55.8 Å². The zero-order valence-corrected chi connectivity index (χ0v) is 22.5. The molecular formula is C26H30Cl2N8O. The van der Waals surface area contributed by atoms with E-state index in [1.807, 2.05) is 13.0 Å². The van der Waals surface area contributed by atoms with Crippen molar-refractivity contribution in [3.8, 4) is 6.07 Å². The number of piperidine rings is 1. The third-order valence-corrected chi connectivity index (χ3v) is 8.08. The van der Waals surface area contributed by atoms with E-state index in [2.05, 4.69) is 31.3 Å². The molecule has 9 nitrogen and oxygen atoms in total. The Hall–Kier alpha value is -2.93. The number of benzene rings is 1. The van der Waals surface area contributed by atoms with Crippen molar-refractivity contribution in [1.29, 1.82) is 5.26 Å². The van der Waals surface area contributed by atoms with E-state index in [1.165, 1.54) is 12.8 Å². The first kappa shape index (κ1) is 25.7. The van der Waals surface area contributed by atoms with Crippen LogP contribution in [0.15, 0.2) is 24.4 Å². The maximum absolute atomic E-state index is 11.2. The SMILES string of the molecule is CC(=O)NCCN1CCC[C@H](C2CN(c3cnc4c(C#N)nn(C(C)c5ccc(Cl)cc5Cl)c4n3)C2)C1. The van der Waals surface area contributed by atoms with Crippen molar-refractivity contribution in [2.75, 3.05) is 44.2 Å². The number of carbonyl (C=O) groups excluding carboxylic acids is 1. The number of hydrogen-bond donors (Lipinski definition) is 1. The van der Waals surface area contributed by atoms with Crippen LogP contribution >= 0.6 is 23.2 Å². The van der Waals surface area contributed by atoms with Gasteiger partial charge in [0.2, 0.25) is 5.91 Å². The lowest BCUT2D eigenvalue weighted by molar-refractivity contribution is -0.119. The Kier molecular flexibility index (Phi) is 7.52. The lowest BCUT2D eigenvalue weighted by Crippen LogP contribution is -2.54. The summed E-state index contributed by atoms with van der Waals surface area (Å²) in [6.45, 7) is 9.16. The number of anilines is 1. The van der Waals surface area contributed by atoms with Crippen molar-refractivity contribution < 1.29 is 4.79 Å². The molecule has 1 aromatic carbocycles. The van der Waals surface area contributed by atoms with Gasteiger partial charge in [0.05, 0.1) is 12.2 Å².